The van der Waals surface area contributed by atoms with Gasteiger partial charge in [-0.1, -0.05) is 11.3 Å². The molecule has 1 aliphatic carbocycles. The lowest BCUT2D eigenvalue weighted by Crippen LogP contribution is -2.36. The number of hydrogen-bond donors (Lipinski definition) is 1. The molecule has 2 heterocycles. The summed E-state index contributed by atoms with van der Waals surface area (Å²) in [6.07, 6.45) is 5.88. The van der Waals surface area contributed by atoms with Crippen LogP contribution in [0.15, 0.2) is 0 Å². The van der Waals surface area contributed by atoms with E-state index in [1.807, 2.05) is 11.3 Å². The fourth-order valence-corrected chi connectivity index (χ4v) is 4.35. The van der Waals surface area contributed by atoms with Gasteiger partial charge in [0.15, 0.2) is 5.13 Å². The van der Waals surface area contributed by atoms with Crippen LogP contribution in [0.5, 0.6) is 0 Å². The lowest BCUT2D eigenvalue weighted by molar-refractivity contribution is 0.0855. The second-order valence-electron chi connectivity index (χ2n) is 5.50. The summed E-state index contributed by atoms with van der Waals surface area (Å²) in [5.41, 5.74) is 1.32. The fraction of sp³-hybridized carbons (Fsp3) is 0.786. The van der Waals surface area contributed by atoms with E-state index in [1.54, 1.807) is 0 Å². The largest absolute Gasteiger partial charge is 0.381 e. The monoisotopic (exact) mass is 281 g/mol. The third kappa shape index (κ3) is 2.64. The molecule has 5 heteroatoms. The lowest BCUT2D eigenvalue weighted by Gasteiger charge is -2.30. The Hall–Kier alpha value is -0.650. The summed E-state index contributed by atoms with van der Waals surface area (Å²) in [7, 11) is 4.25. The molecule has 1 saturated heterocycles. The van der Waals surface area contributed by atoms with Crippen LogP contribution in [0.1, 0.15) is 42.3 Å². The lowest BCUT2D eigenvalue weighted by atomic mass is 9.98. The van der Waals surface area contributed by atoms with Crippen LogP contribution in [-0.2, 0) is 11.2 Å². The number of hydrogen-bond acceptors (Lipinski definition) is 5. The van der Waals surface area contributed by atoms with Crippen molar-refractivity contribution in [2.24, 2.45) is 0 Å². The molecule has 2 aliphatic rings. The van der Waals surface area contributed by atoms with E-state index in [-0.39, 0.29) is 0 Å². The number of anilines is 1. The van der Waals surface area contributed by atoms with Gasteiger partial charge in [0.25, 0.3) is 0 Å². The van der Waals surface area contributed by atoms with Crippen molar-refractivity contribution >= 4 is 16.5 Å². The van der Waals surface area contributed by atoms with E-state index >= 15 is 0 Å². The summed E-state index contributed by atoms with van der Waals surface area (Å²) < 4.78 is 5.45. The summed E-state index contributed by atoms with van der Waals surface area (Å²) in [6.45, 7) is 1.78. The van der Waals surface area contributed by atoms with Gasteiger partial charge in [0.05, 0.1) is 5.69 Å². The molecule has 0 spiro atoms. The molecule has 1 N–H and O–H groups in total. The number of nitrogens with one attached hydrogen (secondary N) is 1. The quantitative estimate of drug-likeness (QED) is 0.923. The van der Waals surface area contributed by atoms with E-state index in [0.29, 0.717) is 12.1 Å². The predicted octanol–water partition coefficient (Wildman–Crippen LogP) is 2.36. The van der Waals surface area contributed by atoms with Crippen LogP contribution in [0.25, 0.3) is 0 Å². The van der Waals surface area contributed by atoms with E-state index in [1.165, 1.54) is 28.5 Å². The van der Waals surface area contributed by atoms with Gasteiger partial charge in [0, 0.05) is 37.2 Å². The first-order valence-electron chi connectivity index (χ1n) is 7.27. The second kappa shape index (κ2) is 5.77. The highest BCUT2D eigenvalue weighted by atomic mass is 32.1. The first kappa shape index (κ1) is 13.3. The molecule has 1 fully saturated rings. The van der Waals surface area contributed by atoms with Crippen molar-refractivity contribution < 1.29 is 4.74 Å². The number of thiazole rings is 1. The van der Waals surface area contributed by atoms with Crippen LogP contribution in [-0.4, -0.2) is 38.3 Å². The van der Waals surface area contributed by atoms with E-state index in [9.17, 15) is 0 Å². The maximum atomic E-state index is 5.45. The zero-order valence-corrected chi connectivity index (χ0v) is 12.6. The van der Waals surface area contributed by atoms with Crippen molar-refractivity contribution in [1.29, 1.82) is 0 Å². The molecule has 1 atom stereocenters. The molecule has 19 heavy (non-hydrogen) atoms. The highest BCUT2D eigenvalue weighted by Gasteiger charge is 2.27. The number of ether oxygens (including phenoxy) is 1. The van der Waals surface area contributed by atoms with Crippen molar-refractivity contribution in [1.82, 2.24) is 10.3 Å². The molecule has 1 aromatic rings. The Morgan fingerprint density at radius 2 is 2.11 bits per heavy atom. The van der Waals surface area contributed by atoms with Crippen LogP contribution in [0.2, 0.25) is 0 Å². The predicted molar refractivity (Wildman–Crippen MR) is 79.1 cm³/mol. The van der Waals surface area contributed by atoms with Crippen molar-refractivity contribution in [3.8, 4) is 0 Å². The van der Waals surface area contributed by atoms with Gasteiger partial charge in [-0.05, 0) is 39.2 Å². The summed E-state index contributed by atoms with van der Waals surface area (Å²) in [6, 6.07) is 1.10. The summed E-state index contributed by atoms with van der Waals surface area (Å²) in [5.74, 6) is 0. The Morgan fingerprint density at radius 3 is 2.84 bits per heavy atom. The van der Waals surface area contributed by atoms with Crippen LogP contribution >= 0.6 is 11.3 Å². The maximum Gasteiger partial charge on any atom is 0.185 e. The third-order valence-electron chi connectivity index (χ3n) is 4.33. The Labute approximate surface area is 119 Å². The molecular weight excluding hydrogens is 258 g/mol. The van der Waals surface area contributed by atoms with Crippen molar-refractivity contribution in [2.75, 3.05) is 32.2 Å². The van der Waals surface area contributed by atoms with Crippen molar-refractivity contribution in [3.05, 3.63) is 10.6 Å². The average Bonchev–Trinajstić information content (AvgIpc) is 2.91. The van der Waals surface area contributed by atoms with Gasteiger partial charge in [0.1, 0.15) is 0 Å². The van der Waals surface area contributed by atoms with Crippen LogP contribution in [0.4, 0.5) is 5.13 Å². The van der Waals surface area contributed by atoms with Gasteiger partial charge in [-0.3, -0.25) is 0 Å². The highest BCUT2D eigenvalue weighted by Crippen LogP contribution is 2.38. The molecular formula is C14H23N3OS. The molecule has 0 bridgehead atoms. The molecule has 1 aliphatic heterocycles. The third-order valence-corrected chi connectivity index (χ3v) is 5.63. The second-order valence-corrected chi connectivity index (χ2v) is 6.50. The number of fused-ring (bicyclic) bond motifs is 1. The van der Waals surface area contributed by atoms with E-state index in [4.69, 9.17) is 9.72 Å². The molecule has 4 nitrogen and oxygen atoms in total. The molecule has 0 radical (unpaired) electrons. The summed E-state index contributed by atoms with van der Waals surface area (Å²) >= 11 is 1.88. The number of rotatable bonds is 3. The standard InChI is InChI=1S/C14H23N3OS/c1-15-11-4-3-5-12-13(11)19-14(16-12)17(2)10-6-8-18-9-7-10/h10-11,15H,3-9H2,1-2H3. The minimum absolute atomic E-state index is 0.512. The first-order valence-corrected chi connectivity index (χ1v) is 8.08. The van der Waals surface area contributed by atoms with Gasteiger partial charge in [-0.2, -0.15) is 0 Å². The van der Waals surface area contributed by atoms with Crippen LogP contribution in [0.3, 0.4) is 0 Å². The topological polar surface area (TPSA) is 37.4 Å². The summed E-state index contributed by atoms with van der Waals surface area (Å²) in [5, 5.41) is 4.62. The van der Waals surface area contributed by atoms with Crippen LogP contribution in [0, 0.1) is 0 Å². The molecule has 0 amide bonds. The summed E-state index contributed by atoms with van der Waals surface area (Å²) in [4.78, 5) is 8.72. The minimum atomic E-state index is 0.512. The average molecular weight is 281 g/mol. The molecule has 0 aromatic carbocycles. The number of aryl methyl sites for hydroxylation is 1. The SMILES string of the molecule is CNC1CCCc2nc(N(C)C3CCOCC3)sc21. The normalized spacial score (nSPS) is 24.2. The number of nitrogens with zero attached hydrogens (tertiary/aromatic N) is 2. The van der Waals surface area contributed by atoms with Gasteiger partial charge < -0.3 is 15.0 Å². The van der Waals surface area contributed by atoms with Gasteiger partial charge >= 0.3 is 0 Å². The molecule has 106 valence electrons. The maximum absolute atomic E-state index is 5.45. The van der Waals surface area contributed by atoms with Gasteiger partial charge in [-0.15, -0.1) is 0 Å². The van der Waals surface area contributed by atoms with Crippen molar-refractivity contribution in [3.63, 3.8) is 0 Å². The molecule has 1 unspecified atom stereocenters. The Morgan fingerprint density at radius 1 is 1.32 bits per heavy atom. The minimum Gasteiger partial charge on any atom is -0.381 e. The molecule has 0 saturated carbocycles. The van der Waals surface area contributed by atoms with E-state index in [0.717, 1.165) is 32.5 Å². The van der Waals surface area contributed by atoms with E-state index < -0.39 is 0 Å². The number of aromatic nitrogens is 1. The smallest absolute Gasteiger partial charge is 0.185 e. The highest BCUT2D eigenvalue weighted by molar-refractivity contribution is 7.15. The molecule has 1 aromatic heterocycles. The first-order chi connectivity index (χ1) is 9.29. The Balaban J connectivity index is 1.79. The van der Waals surface area contributed by atoms with Crippen molar-refractivity contribution in [2.45, 2.75) is 44.2 Å². The Bertz CT molecular complexity index is 428. The molecule has 3 rings (SSSR count). The Kier molecular flexibility index (Phi) is 4.05. The fourth-order valence-electron chi connectivity index (χ4n) is 3.06. The van der Waals surface area contributed by atoms with Gasteiger partial charge in [0.2, 0.25) is 0 Å². The van der Waals surface area contributed by atoms with Crippen LogP contribution < -0.4 is 10.2 Å². The van der Waals surface area contributed by atoms with Gasteiger partial charge in [-0.25, -0.2) is 4.98 Å². The zero-order chi connectivity index (χ0) is 13.2. The van der Waals surface area contributed by atoms with E-state index in [2.05, 4.69) is 24.3 Å². The zero-order valence-electron chi connectivity index (χ0n) is 11.8.